The quantitative estimate of drug-likeness (QED) is 0.611. The van der Waals surface area contributed by atoms with Crippen molar-refractivity contribution in [1.82, 2.24) is 9.99 Å². The normalized spacial score (nSPS) is 19.6. The number of rotatable bonds is 4. The third-order valence-corrected chi connectivity index (χ3v) is 5.30. The number of hydrogen-bond donors (Lipinski definition) is 0. The van der Waals surface area contributed by atoms with E-state index in [2.05, 4.69) is 4.98 Å². The Morgan fingerprint density at radius 2 is 2.03 bits per heavy atom. The zero-order valence-electron chi connectivity index (χ0n) is 16.3. The number of halogens is 2. The van der Waals surface area contributed by atoms with Crippen LogP contribution in [0.3, 0.4) is 0 Å². The molecule has 30 heavy (non-hydrogen) atoms. The van der Waals surface area contributed by atoms with Gasteiger partial charge in [-0.1, -0.05) is 24.3 Å². The van der Waals surface area contributed by atoms with Crippen LogP contribution in [0.1, 0.15) is 42.3 Å². The summed E-state index contributed by atoms with van der Waals surface area (Å²) in [6, 6.07) is 13.2. The zero-order valence-corrected chi connectivity index (χ0v) is 16.3. The first kappa shape index (κ1) is 18.5. The van der Waals surface area contributed by atoms with Crippen LogP contribution in [0.25, 0.3) is 0 Å². The Kier molecular flexibility index (Phi) is 4.58. The van der Waals surface area contributed by atoms with Crippen molar-refractivity contribution in [2.75, 3.05) is 6.61 Å². The van der Waals surface area contributed by atoms with E-state index in [0.717, 1.165) is 29.0 Å². The van der Waals surface area contributed by atoms with Gasteiger partial charge in [-0.15, -0.1) is 0 Å². The fourth-order valence-corrected chi connectivity index (χ4v) is 3.95. The van der Waals surface area contributed by atoms with Crippen LogP contribution >= 0.6 is 0 Å². The number of ether oxygens (including phenoxy) is 2. The maximum absolute atomic E-state index is 14.0. The molecule has 152 valence electrons. The number of hydrazone groups is 1. The summed E-state index contributed by atoms with van der Waals surface area (Å²) in [6.07, 6.45) is 3.40. The van der Waals surface area contributed by atoms with Gasteiger partial charge in [-0.2, -0.15) is 5.10 Å². The summed E-state index contributed by atoms with van der Waals surface area (Å²) in [5.41, 5.74) is 3.20. The van der Waals surface area contributed by atoms with Crippen molar-refractivity contribution in [2.45, 2.75) is 25.6 Å². The molecular formula is C23H19F2N3O2. The molecule has 0 saturated carbocycles. The van der Waals surface area contributed by atoms with Crippen molar-refractivity contribution < 1.29 is 18.3 Å². The third-order valence-electron chi connectivity index (χ3n) is 5.30. The second-order valence-electron chi connectivity index (χ2n) is 7.14. The highest BCUT2D eigenvalue weighted by atomic mass is 19.2. The minimum Gasteiger partial charge on any atom is -0.490 e. The van der Waals surface area contributed by atoms with Gasteiger partial charge in [0.05, 0.1) is 18.4 Å². The van der Waals surface area contributed by atoms with Crippen LogP contribution in [0.15, 0.2) is 66.0 Å². The molecule has 2 atom stereocenters. The standard InChI is InChI=1S/C23H19F2N3O2/c1-2-29-21-7-3-6-16-20-12-19(15-5-4-10-26-13-15)27-28(20)23(30-22(16)21)14-8-9-17(24)18(25)11-14/h3-11,13,20,23H,2,12H2,1H3/t20-,23+/m0/s1. The maximum atomic E-state index is 14.0. The third kappa shape index (κ3) is 3.07. The SMILES string of the molecule is CCOc1cccc2c1O[C@H](c1ccc(F)c(F)c1)N1N=C(c3cccnc3)C[C@@H]21. The molecule has 0 N–H and O–H groups in total. The van der Waals surface area contributed by atoms with E-state index in [1.807, 2.05) is 42.3 Å². The zero-order chi connectivity index (χ0) is 20.7. The first-order valence-electron chi connectivity index (χ1n) is 9.79. The van der Waals surface area contributed by atoms with Crippen molar-refractivity contribution >= 4 is 5.71 Å². The lowest BCUT2D eigenvalue weighted by Crippen LogP contribution is -2.34. The van der Waals surface area contributed by atoms with Gasteiger partial charge in [0.2, 0.25) is 6.23 Å². The highest BCUT2D eigenvalue weighted by Gasteiger charge is 2.42. The Labute approximate surface area is 172 Å². The summed E-state index contributed by atoms with van der Waals surface area (Å²) in [5, 5.41) is 6.61. The lowest BCUT2D eigenvalue weighted by Gasteiger charge is -2.38. The van der Waals surface area contributed by atoms with E-state index in [-0.39, 0.29) is 6.04 Å². The monoisotopic (exact) mass is 407 g/mol. The molecule has 0 bridgehead atoms. The molecule has 5 nitrogen and oxygen atoms in total. The summed E-state index contributed by atoms with van der Waals surface area (Å²) in [4.78, 5) is 4.19. The molecule has 0 fully saturated rings. The molecule has 3 heterocycles. The summed E-state index contributed by atoms with van der Waals surface area (Å²) in [6.45, 7) is 2.39. The summed E-state index contributed by atoms with van der Waals surface area (Å²) in [7, 11) is 0. The van der Waals surface area contributed by atoms with Gasteiger partial charge in [-0.05, 0) is 31.2 Å². The summed E-state index contributed by atoms with van der Waals surface area (Å²) in [5.74, 6) is -0.593. The van der Waals surface area contributed by atoms with Gasteiger partial charge < -0.3 is 9.47 Å². The Bertz CT molecular complexity index is 1120. The molecule has 0 unspecified atom stereocenters. The van der Waals surface area contributed by atoms with E-state index >= 15 is 0 Å². The summed E-state index contributed by atoms with van der Waals surface area (Å²) >= 11 is 0. The molecule has 1 aromatic heterocycles. The van der Waals surface area contributed by atoms with Gasteiger partial charge in [0.15, 0.2) is 23.1 Å². The summed E-state index contributed by atoms with van der Waals surface area (Å²) < 4.78 is 39.6. The second kappa shape index (κ2) is 7.40. The lowest BCUT2D eigenvalue weighted by molar-refractivity contribution is -0.0214. The Morgan fingerprint density at radius 1 is 1.13 bits per heavy atom. The van der Waals surface area contributed by atoms with Crippen LogP contribution in [-0.2, 0) is 0 Å². The fraction of sp³-hybridized carbons (Fsp3) is 0.217. The van der Waals surface area contributed by atoms with Crippen LogP contribution in [0.4, 0.5) is 8.78 Å². The Morgan fingerprint density at radius 3 is 2.80 bits per heavy atom. The molecule has 3 aromatic rings. The molecule has 5 rings (SSSR count). The highest BCUT2D eigenvalue weighted by molar-refractivity contribution is 6.01. The Hall–Kier alpha value is -3.48. The van der Waals surface area contributed by atoms with Crippen molar-refractivity contribution in [3.63, 3.8) is 0 Å². The van der Waals surface area contributed by atoms with Crippen molar-refractivity contribution in [1.29, 1.82) is 0 Å². The number of fused-ring (bicyclic) bond motifs is 3. The van der Waals surface area contributed by atoms with Gasteiger partial charge in [-0.25, -0.2) is 13.8 Å². The molecule has 2 aromatic carbocycles. The van der Waals surface area contributed by atoms with Crippen molar-refractivity contribution in [3.8, 4) is 11.5 Å². The number of aromatic nitrogens is 1. The topological polar surface area (TPSA) is 47.0 Å². The molecule has 7 heteroatoms. The predicted molar refractivity (Wildman–Crippen MR) is 107 cm³/mol. The van der Waals surface area contributed by atoms with Crippen molar-refractivity contribution in [2.24, 2.45) is 5.10 Å². The van der Waals surface area contributed by atoms with Crippen LogP contribution in [-0.4, -0.2) is 22.3 Å². The van der Waals surface area contributed by atoms with Gasteiger partial charge in [0, 0.05) is 35.5 Å². The molecule has 0 saturated heterocycles. The van der Waals surface area contributed by atoms with Crippen molar-refractivity contribution in [3.05, 3.63) is 89.2 Å². The van der Waals surface area contributed by atoms with Gasteiger partial charge in [0.1, 0.15) is 0 Å². The number of nitrogens with zero attached hydrogens (tertiary/aromatic N) is 3. The molecule has 0 amide bonds. The minimum absolute atomic E-state index is 0.123. The molecule has 0 spiro atoms. The minimum atomic E-state index is -0.924. The Balaban J connectivity index is 1.63. The smallest absolute Gasteiger partial charge is 0.214 e. The maximum Gasteiger partial charge on any atom is 0.214 e. The van der Waals surface area contributed by atoms with E-state index in [1.54, 1.807) is 12.4 Å². The highest BCUT2D eigenvalue weighted by Crippen LogP contribution is 2.50. The molecular weight excluding hydrogens is 388 g/mol. The van der Waals surface area contributed by atoms with Crippen LogP contribution in [0, 0.1) is 11.6 Å². The average Bonchev–Trinajstić information content (AvgIpc) is 3.22. The van der Waals surface area contributed by atoms with Gasteiger partial charge in [-0.3, -0.25) is 4.98 Å². The van der Waals surface area contributed by atoms with E-state index in [1.165, 1.54) is 6.07 Å². The molecule has 2 aliphatic rings. The van der Waals surface area contributed by atoms with Crippen LogP contribution in [0.5, 0.6) is 11.5 Å². The first-order valence-corrected chi connectivity index (χ1v) is 9.79. The van der Waals surface area contributed by atoms with E-state index in [9.17, 15) is 8.78 Å². The van der Waals surface area contributed by atoms with Crippen LogP contribution in [0.2, 0.25) is 0 Å². The number of benzene rings is 2. The van der Waals surface area contributed by atoms with Gasteiger partial charge in [0.25, 0.3) is 0 Å². The molecule has 0 radical (unpaired) electrons. The predicted octanol–water partition coefficient (Wildman–Crippen LogP) is 5.00. The van der Waals surface area contributed by atoms with Crippen LogP contribution < -0.4 is 9.47 Å². The molecule has 0 aliphatic carbocycles. The van der Waals surface area contributed by atoms with E-state index in [0.29, 0.717) is 30.1 Å². The average molecular weight is 407 g/mol. The number of pyridine rings is 1. The van der Waals surface area contributed by atoms with E-state index in [4.69, 9.17) is 14.6 Å². The largest absolute Gasteiger partial charge is 0.490 e. The number of hydrogen-bond acceptors (Lipinski definition) is 5. The van der Waals surface area contributed by atoms with E-state index < -0.39 is 17.9 Å². The fourth-order valence-electron chi connectivity index (χ4n) is 3.95. The second-order valence-corrected chi connectivity index (χ2v) is 7.14. The first-order chi connectivity index (χ1) is 14.7. The molecule has 2 aliphatic heterocycles. The lowest BCUT2D eigenvalue weighted by atomic mass is 9.96. The number of para-hydroxylation sites is 1. The van der Waals surface area contributed by atoms with Gasteiger partial charge >= 0.3 is 0 Å².